The van der Waals surface area contributed by atoms with Crippen LogP contribution in [-0.4, -0.2) is 23.5 Å². The molecule has 5 nitrogen and oxygen atoms in total. The maximum Gasteiger partial charge on any atom is 0.327 e. The van der Waals surface area contributed by atoms with Gasteiger partial charge in [0.05, 0.1) is 13.7 Å². The molecule has 1 aliphatic heterocycles. The van der Waals surface area contributed by atoms with Crippen LogP contribution in [0.15, 0.2) is 42.6 Å². The van der Waals surface area contributed by atoms with Crippen molar-refractivity contribution in [3.63, 3.8) is 0 Å². The van der Waals surface area contributed by atoms with Crippen LogP contribution in [-0.2, 0) is 22.2 Å². The van der Waals surface area contributed by atoms with Crippen molar-refractivity contribution in [3.8, 4) is 5.75 Å². The van der Waals surface area contributed by atoms with Crippen LogP contribution in [0.4, 0.5) is 0 Å². The number of aryl methyl sites for hydroxylation is 1. The van der Waals surface area contributed by atoms with E-state index in [1.165, 1.54) is 34.0 Å². The van der Waals surface area contributed by atoms with E-state index in [-0.39, 0.29) is 8.69 Å². The number of rotatable bonds is 7. The summed E-state index contributed by atoms with van der Waals surface area (Å²) >= 11 is 0. The molecule has 0 saturated carbocycles. The topological polar surface area (TPSA) is 54.6 Å². The van der Waals surface area contributed by atoms with Crippen LogP contribution in [0.5, 0.6) is 5.75 Å². The van der Waals surface area contributed by atoms with E-state index >= 15 is 0 Å². The number of benzene rings is 2. The molecule has 0 aliphatic carbocycles. The molecular formula is C24H29N2O3P. The number of aromatic nitrogens is 1. The Hall–Kier alpha value is -2.20. The van der Waals surface area contributed by atoms with Crippen molar-refractivity contribution in [1.29, 1.82) is 0 Å². The van der Waals surface area contributed by atoms with Gasteiger partial charge in [0.15, 0.2) is 0 Å². The fourth-order valence-corrected chi connectivity index (χ4v) is 4.85. The largest absolute Gasteiger partial charge is 0.496 e. The fourth-order valence-electron chi connectivity index (χ4n) is 4.65. The lowest BCUT2D eigenvalue weighted by Gasteiger charge is -2.39. The molecule has 4 rings (SSSR count). The zero-order valence-corrected chi connectivity index (χ0v) is 18.7. The molecule has 0 spiro atoms. The summed E-state index contributed by atoms with van der Waals surface area (Å²) in [6.45, 7) is 6.75. The third-order valence-electron chi connectivity index (χ3n) is 6.32. The Morgan fingerprint density at radius 1 is 1.23 bits per heavy atom. The van der Waals surface area contributed by atoms with Crippen LogP contribution < -0.4 is 4.74 Å². The molecule has 2 aromatic carbocycles. The minimum atomic E-state index is -0.278. The Bertz CT molecular complexity index is 1020. The van der Waals surface area contributed by atoms with Gasteiger partial charge in [-0.25, -0.2) is 4.57 Å². The highest BCUT2D eigenvalue weighted by molar-refractivity contribution is 7.17. The van der Waals surface area contributed by atoms with Crippen molar-refractivity contribution in [3.05, 3.63) is 64.8 Å². The van der Waals surface area contributed by atoms with Crippen molar-refractivity contribution < 1.29 is 13.8 Å². The van der Waals surface area contributed by atoms with Crippen LogP contribution in [0.25, 0.3) is 10.9 Å². The molecule has 0 radical (unpaired) electrons. The average molecular weight is 424 g/mol. The molecule has 0 bridgehead atoms. The Morgan fingerprint density at radius 3 is 2.77 bits per heavy atom. The number of fused-ring (bicyclic) bond motifs is 1. The zero-order valence-electron chi connectivity index (χ0n) is 17.9. The van der Waals surface area contributed by atoms with Crippen molar-refractivity contribution >= 4 is 19.6 Å². The summed E-state index contributed by atoms with van der Waals surface area (Å²) < 4.78 is 21.3. The molecule has 30 heavy (non-hydrogen) atoms. The summed E-state index contributed by atoms with van der Waals surface area (Å²) in [5.74, 6) is 1.65. The molecule has 1 fully saturated rings. The first-order valence-electron chi connectivity index (χ1n) is 10.5. The number of H-pyrrole nitrogens is 1. The minimum absolute atomic E-state index is 0.278. The van der Waals surface area contributed by atoms with Gasteiger partial charge >= 0.3 is 8.69 Å². The lowest BCUT2D eigenvalue weighted by molar-refractivity contribution is 0.110. The first kappa shape index (κ1) is 21.0. The third kappa shape index (κ3) is 4.29. The number of hydrogen-bond acceptors (Lipinski definition) is 4. The summed E-state index contributed by atoms with van der Waals surface area (Å²) in [6, 6.07) is 13.2. The molecule has 1 aliphatic rings. The molecule has 3 aromatic rings. The standard InChI is InChI=1S/C24H29N2O3P/c1-16-9-11-26(22(12-16)19-6-4-18(5-7-19)15-29-30-27)14-21-20-8-10-25-24(20)17(2)13-23(21)28-3/h4-8,10,13,16,22,25H,9,11-12,14-15H2,1-3H3/t16-,22+/m1/s1. The predicted octanol–water partition coefficient (Wildman–Crippen LogP) is 6.18. The number of likely N-dealkylation sites (tertiary alicyclic amines) is 1. The van der Waals surface area contributed by atoms with Gasteiger partial charge in [0.2, 0.25) is 0 Å². The molecule has 158 valence electrons. The number of aromatic amines is 1. The zero-order chi connectivity index (χ0) is 21.1. The summed E-state index contributed by atoms with van der Waals surface area (Å²) in [5, 5.41) is 1.24. The maximum atomic E-state index is 10.5. The van der Waals surface area contributed by atoms with E-state index in [1.807, 2.05) is 6.20 Å². The van der Waals surface area contributed by atoms with E-state index < -0.39 is 0 Å². The van der Waals surface area contributed by atoms with Crippen molar-refractivity contribution in [2.75, 3.05) is 13.7 Å². The predicted molar refractivity (Wildman–Crippen MR) is 120 cm³/mol. The molecular weight excluding hydrogens is 395 g/mol. The SMILES string of the molecule is COc1cc(C)c2[nH]ccc2c1CN1CC[C@@H](C)C[C@H]1c1ccc(COP=O)cc1. The van der Waals surface area contributed by atoms with Gasteiger partial charge in [-0.15, -0.1) is 0 Å². The second-order valence-electron chi connectivity index (χ2n) is 8.35. The van der Waals surface area contributed by atoms with Crippen molar-refractivity contribution in [2.24, 2.45) is 5.92 Å². The van der Waals surface area contributed by atoms with Crippen molar-refractivity contribution in [2.45, 2.75) is 45.9 Å². The first-order valence-corrected chi connectivity index (χ1v) is 11.2. The lowest BCUT2D eigenvalue weighted by atomic mass is 9.87. The number of piperidine rings is 1. The van der Waals surface area contributed by atoms with Gasteiger partial charge in [-0.3, -0.25) is 9.42 Å². The van der Waals surface area contributed by atoms with Gasteiger partial charge in [0.25, 0.3) is 0 Å². The molecule has 0 amide bonds. The Labute approximate surface area is 179 Å². The van der Waals surface area contributed by atoms with Gasteiger partial charge in [0.1, 0.15) is 5.75 Å². The number of ether oxygens (including phenoxy) is 1. The smallest absolute Gasteiger partial charge is 0.327 e. The van der Waals surface area contributed by atoms with E-state index in [1.54, 1.807) is 7.11 Å². The van der Waals surface area contributed by atoms with Gasteiger partial charge in [-0.05, 0) is 61.1 Å². The first-order chi connectivity index (χ1) is 14.6. The Morgan fingerprint density at radius 2 is 2.03 bits per heavy atom. The highest BCUT2D eigenvalue weighted by Crippen LogP contribution is 2.38. The van der Waals surface area contributed by atoms with Crippen LogP contribution in [0.1, 0.15) is 48.1 Å². The van der Waals surface area contributed by atoms with Gasteiger partial charge in [-0.2, -0.15) is 0 Å². The van der Waals surface area contributed by atoms with Crippen molar-refractivity contribution in [1.82, 2.24) is 9.88 Å². The summed E-state index contributed by atoms with van der Waals surface area (Å²) in [6.07, 6.45) is 4.35. The highest BCUT2D eigenvalue weighted by Gasteiger charge is 2.29. The summed E-state index contributed by atoms with van der Waals surface area (Å²) in [7, 11) is 1.48. The average Bonchev–Trinajstić information content (AvgIpc) is 3.26. The van der Waals surface area contributed by atoms with Gasteiger partial charge in [-0.1, -0.05) is 31.2 Å². The molecule has 1 saturated heterocycles. The van der Waals surface area contributed by atoms with E-state index in [2.05, 4.69) is 60.1 Å². The molecule has 2 atom stereocenters. The number of nitrogens with one attached hydrogen (secondary N) is 1. The summed E-state index contributed by atoms with van der Waals surface area (Å²) in [5.41, 5.74) is 6.00. The maximum absolute atomic E-state index is 10.5. The molecule has 1 N–H and O–H groups in total. The molecule has 6 heteroatoms. The van der Waals surface area contributed by atoms with E-state index in [0.717, 1.165) is 30.8 Å². The second kappa shape index (κ2) is 9.30. The van der Waals surface area contributed by atoms with E-state index in [0.29, 0.717) is 18.6 Å². The highest BCUT2D eigenvalue weighted by atomic mass is 31.1. The van der Waals surface area contributed by atoms with Crippen LogP contribution in [0.2, 0.25) is 0 Å². The monoisotopic (exact) mass is 424 g/mol. The van der Waals surface area contributed by atoms with Gasteiger partial charge in [0, 0.05) is 35.2 Å². The lowest BCUT2D eigenvalue weighted by Crippen LogP contribution is -2.36. The van der Waals surface area contributed by atoms with Crippen LogP contribution in [0, 0.1) is 12.8 Å². The van der Waals surface area contributed by atoms with Gasteiger partial charge < -0.3 is 9.72 Å². The third-order valence-corrected chi connectivity index (χ3v) is 6.55. The number of nitrogens with zero attached hydrogens (tertiary/aromatic N) is 1. The minimum Gasteiger partial charge on any atom is -0.496 e. The summed E-state index contributed by atoms with van der Waals surface area (Å²) in [4.78, 5) is 5.97. The number of hydrogen-bond donors (Lipinski definition) is 1. The normalized spacial score (nSPS) is 20.1. The molecule has 1 aromatic heterocycles. The fraction of sp³-hybridized carbons (Fsp3) is 0.417. The van der Waals surface area contributed by atoms with E-state index in [4.69, 9.17) is 9.26 Å². The number of methoxy groups -OCH3 is 1. The molecule has 2 heterocycles. The van der Waals surface area contributed by atoms with Crippen LogP contribution in [0.3, 0.4) is 0 Å². The van der Waals surface area contributed by atoms with Crippen LogP contribution >= 0.6 is 8.69 Å². The second-order valence-corrected chi connectivity index (χ2v) is 8.75. The quantitative estimate of drug-likeness (QED) is 0.460. The Balaban J connectivity index is 1.64. The van der Waals surface area contributed by atoms with E-state index in [9.17, 15) is 4.57 Å². The molecule has 0 unspecified atom stereocenters. The Kier molecular flexibility index (Phi) is 6.52.